The molecule has 112 valence electrons. The second kappa shape index (κ2) is 5.80. The maximum atomic E-state index is 12.9. The second-order valence-corrected chi connectivity index (χ2v) is 4.46. The molecule has 1 aromatic carbocycles. The molecule has 0 aliphatic heterocycles. The second-order valence-electron chi connectivity index (χ2n) is 4.46. The lowest BCUT2D eigenvalue weighted by molar-refractivity contribution is 0.0401. The molecule has 6 nitrogen and oxygen atoms in total. The van der Waals surface area contributed by atoms with Crippen molar-refractivity contribution in [2.24, 2.45) is 0 Å². The van der Waals surface area contributed by atoms with E-state index in [-0.39, 0.29) is 24.1 Å². The fourth-order valence-electron chi connectivity index (χ4n) is 1.81. The number of aromatic nitrogens is 2. The highest BCUT2D eigenvalue weighted by Gasteiger charge is 2.15. The zero-order valence-electron chi connectivity index (χ0n) is 11.6. The van der Waals surface area contributed by atoms with E-state index in [1.807, 2.05) is 0 Å². The standard InChI is InChI=1S/C15H11FN2O4/c1-9-17-18-14(21-9)8-20-15(19)13-7-6-12(22-13)10-2-4-11(16)5-3-10/h2-7H,8H2,1H3. The molecule has 3 rings (SSSR count). The van der Waals surface area contributed by atoms with Crippen molar-refractivity contribution in [1.29, 1.82) is 0 Å². The van der Waals surface area contributed by atoms with Crippen LogP contribution in [-0.4, -0.2) is 16.2 Å². The minimum absolute atomic E-state index is 0.0376. The van der Waals surface area contributed by atoms with E-state index >= 15 is 0 Å². The number of hydrogen-bond donors (Lipinski definition) is 0. The molecule has 0 N–H and O–H groups in total. The summed E-state index contributed by atoms with van der Waals surface area (Å²) in [7, 11) is 0. The quantitative estimate of drug-likeness (QED) is 0.689. The number of hydrogen-bond acceptors (Lipinski definition) is 6. The van der Waals surface area contributed by atoms with Gasteiger partial charge in [0.05, 0.1) is 0 Å². The first-order valence-electron chi connectivity index (χ1n) is 6.44. The van der Waals surface area contributed by atoms with Gasteiger partial charge in [-0.15, -0.1) is 10.2 Å². The number of halogens is 1. The smallest absolute Gasteiger partial charge is 0.374 e. The minimum Gasteiger partial charge on any atom is -0.450 e. The molecular weight excluding hydrogens is 291 g/mol. The first-order valence-corrected chi connectivity index (χ1v) is 6.44. The number of nitrogens with zero attached hydrogens (tertiary/aromatic N) is 2. The Morgan fingerprint density at radius 1 is 1.14 bits per heavy atom. The SMILES string of the molecule is Cc1nnc(COC(=O)c2ccc(-c3ccc(F)cc3)o2)o1. The average Bonchev–Trinajstić information content (AvgIpc) is 3.15. The summed E-state index contributed by atoms with van der Waals surface area (Å²) in [5.74, 6) is 0.0870. The van der Waals surface area contributed by atoms with Crippen molar-refractivity contribution in [2.75, 3.05) is 0 Å². The first-order chi connectivity index (χ1) is 10.6. The van der Waals surface area contributed by atoms with E-state index in [9.17, 15) is 9.18 Å². The van der Waals surface area contributed by atoms with Crippen molar-refractivity contribution < 1.29 is 22.8 Å². The summed E-state index contributed by atoms with van der Waals surface area (Å²) < 4.78 is 28.4. The summed E-state index contributed by atoms with van der Waals surface area (Å²) in [4.78, 5) is 11.9. The molecule has 0 bridgehead atoms. The Hall–Kier alpha value is -2.96. The molecule has 2 aromatic heterocycles. The summed E-state index contributed by atoms with van der Waals surface area (Å²) in [6.07, 6.45) is 0. The molecule has 22 heavy (non-hydrogen) atoms. The molecule has 7 heteroatoms. The van der Waals surface area contributed by atoms with Gasteiger partial charge < -0.3 is 13.6 Å². The van der Waals surface area contributed by atoms with Gasteiger partial charge in [0.1, 0.15) is 11.6 Å². The van der Waals surface area contributed by atoms with Crippen LogP contribution in [-0.2, 0) is 11.3 Å². The maximum Gasteiger partial charge on any atom is 0.374 e. The highest BCUT2D eigenvalue weighted by atomic mass is 19.1. The van der Waals surface area contributed by atoms with E-state index in [1.165, 1.54) is 18.2 Å². The Bertz CT molecular complexity index is 792. The summed E-state index contributed by atoms with van der Waals surface area (Å²) in [5.41, 5.74) is 0.660. The Kier molecular flexibility index (Phi) is 3.69. The van der Waals surface area contributed by atoms with Gasteiger partial charge in [-0.05, 0) is 36.4 Å². The Morgan fingerprint density at radius 2 is 1.91 bits per heavy atom. The van der Waals surface area contributed by atoms with E-state index < -0.39 is 5.97 Å². The molecule has 0 aliphatic carbocycles. The van der Waals surface area contributed by atoms with Gasteiger partial charge in [-0.3, -0.25) is 0 Å². The van der Waals surface area contributed by atoms with Gasteiger partial charge >= 0.3 is 5.97 Å². The lowest BCUT2D eigenvalue weighted by atomic mass is 10.2. The van der Waals surface area contributed by atoms with Crippen LogP contribution < -0.4 is 0 Å². The molecule has 0 saturated heterocycles. The number of ether oxygens (including phenoxy) is 1. The molecule has 3 aromatic rings. The van der Waals surface area contributed by atoms with E-state index in [0.29, 0.717) is 17.2 Å². The van der Waals surface area contributed by atoms with Crippen LogP contribution in [0.4, 0.5) is 4.39 Å². The first kappa shape index (κ1) is 14.0. The molecular formula is C15H11FN2O4. The molecule has 0 amide bonds. The van der Waals surface area contributed by atoms with E-state index in [4.69, 9.17) is 13.6 Å². The number of furan rings is 1. The number of carbonyl (C=O) groups is 1. The molecule has 0 saturated carbocycles. The van der Waals surface area contributed by atoms with Crippen molar-refractivity contribution in [3.63, 3.8) is 0 Å². The molecule has 0 atom stereocenters. The van der Waals surface area contributed by atoms with Crippen LogP contribution in [0.2, 0.25) is 0 Å². The summed E-state index contributed by atoms with van der Waals surface area (Å²) in [6, 6.07) is 8.84. The summed E-state index contributed by atoms with van der Waals surface area (Å²) >= 11 is 0. The number of rotatable bonds is 4. The van der Waals surface area contributed by atoms with Crippen molar-refractivity contribution in [3.8, 4) is 11.3 Å². The zero-order chi connectivity index (χ0) is 15.5. The van der Waals surface area contributed by atoms with Gasteiger partial charge in [-0.25, -0.2) is 9.18 Å². The van der Waals surface area contributed by atoms with Crippen LogP contribution in [0.25, 0.3) is 11.3 Å². The fraction of sp³-hybridized carbons (Fsp3) is 0.133. The van der Waals surface area contributed by atoms with Gasteiger partial charge in [0.25, 0.3) is 5.89 Å². The van der Waals surface area contributed by atoms with E-state index in [0.717, 1.165) is 0 Å². The van der Waals surface area contributed by atoms with Crippen LogP contribution in [0.15, 0.2) is 45.2 Å². The van der Waals surface area contributed by atoms with Crippen LogP contribution in [0, 0.1) is 12.7 Å². The summed E-state index contributed by atoms with van der Waals surface area (Å²) in [5, 5.41) is 7.34. The van der Waals surface area contributed by atoms with E-state index in [2.05, 4.69) is 10.2 Å². The molecule has 0 spiro atoms. The number of carbonyl (C=O) groups excluding carboxylic acids is 1. The predicted octanol–water partition coefficient (Wildman–Crippen LogP) is 3.13. The van der Waals surface area contributed by atoms with Crippen molar-refractivity contribution >= 4 is 5.97 Å². The third-order valence-corrected chi connectivity index (χ3v) is 2.83. The number of benzene rings is 1. The monoisotopic (exact) mass is 302 g/mol. The number of esters is 1. The number of aryl methyl sites for hydroxylation is 1. The highest BCUT2D eigenvalue weighted by molar-refractivity contribution is 5.87. The van der Waals surface area contributed by atoms with Crippen LogP contribution >= 0.6 is 0 Å². The maximum absolute atomic E-state index is 12.9. The van der Waals surface area contributed by atoms with Gasteiger partial charge in [-0.1, -0.05) is 0 Å². The van der Waals surface area contributed by atoms with Crippen molar-refractivity contribution in [3.05, 3.63) is 59.8 Å². The predicted molar refractivity (Wildman–Crippen MR) is 72.3 cm³/mol. The van der Waals surface area contributed by atoms with Gasteiger partial charge in [-0.2, -0.15) is 0 Å². The largest absolute Gasteiger partial charge is 0.450 e. The van der Waals surface area contributed by atoms with Crippen molar-refractivity contribution in [2.45, 2.75) is 13.5 Å². The molecule has 0 fully saturated rings. The van der Waals surface area contributed by atoms with Gasteiger partial charge in [0, 0.05) is 12.5 Å². The van der Waals surface area contributed by atoms with Crippen LogP contribution in [0.3, 0.4) is 0 Å². The molecule has 0 radical (unpaired) electrons. The van der Waals surface area contributed by atoms with Crippen molar-refractivity contribution in [1.82, 2.24) is 10.2 Å². The van der Waals surface area contributed by atoms with Crippen LogP contribution in [0.5, 0.6) is 0 Å². The normalized spacial score (nSPS) is 10.6. The molecule has 2 heterocycles. The van der Waals surface area contributed by atoms with Gasteiger partial charge in [0.15, 0.2) is 6.61 Å². The molecule has 0 unspecified atom stereocenters. The topological polar surface area (TPSA) is 78.4 Å². The van der Waals surface area contributed by atoms with Crippen LogP contribution in [0.1, 0.15) is 22.3 Å². The zero-order valence-corrected chi connectivity index (χ0v) is 11.6. The highest BCUT2D eigenvalue weighted by Crippen LogP contribution is 2.23. The lowest BCUT2D eigenvalue weighted by Crippen LogP contribution is -2.04. The third kappa shape index (κ3) is 3.03. The Labute approximate surface area is 124 Å². The lowest BCUT2D eigenvalue weighted by Gasteiger charge is -1.99. The molecule has 0 aliphatic rings. The van der Waals surface area contributed by atoms with E-state index in [1.54, 1.807) is 25.1 Å². The Balaban J connectivity index is 1.67. The van der Waals surface area contributed by atoms with Gasteiger partial charge in [0.2, 0.25) is 11.7 Å². The summed E-state index contributed by atoms with van der Waals surface area (Å²) in [6.45, 7) is 1.51. The minimum atomic E-state index is -0.649. The average molecular weight is 302 g/mol. The fourth-order valence-corrected chi connectivity index (χ4v) is 1.81. The Morgan fingerprint density at radius 3 is 2.59 bits per heavy atom. The third-order valence-electron chi connectivity index (χ3n) is 2.83.